The van der Waals surface area contributed by atoms with Gasteiger partial charge < -0.3 is 9.32 Å². The summed E-state index contributed by atoms with van der Waals surface area (Å²) in [6.45, 7) is 0. The molecule has 0 aliphatic rings. The Morgan fingerprint density at radius 2 is 0.810 bits per heavy atom. The summed E-state index contributed by atoms with van der Waals surface area (Å²) in [6.07, 6.45) is 0. The highest BCUT2D eigenvalue weighted by atomic mass is 16.3. The molecule has 0 N–H and O–H groups in total. The molecular formula is C56H37NO. The summed E-state index contributed by atoms with van der Waals surface area (Å²) in [6, 6.07) is 80.6. The van der Waals surface area contributed by atoms with Gasteiger partial charge in [0, 0.05) is 22.1 Å². The molecule has 10 aromatic carbocycles. The van der Waals surface area contributed by atoms with Crippen LogP contribution >= 0.6 is 0 Å². The first-order valence-corrected chi connectivity index (χ1v) is 19.8. The lowest BCUT2D eigenvalue weighted by Crippen LogP contribution is -2.10. The highest BCUT2D eigenvalue weighted by Crippen LogP contribution is 2.44. The standard InChI is InChI=1S/C56H37NO/c1-3-11-38(12-4-1)44-23-21-41-22-24-45(36-47(41)35-44)40-25-30-48(31-26-40)57(49-32-27-43(28-33-49)51-18-9-16-42-15-7-8-17-50(42)51)54-20-10-19-52-53-37-46(39-13-5-2-6-14-39)29-34-55(53)58-56(52)54/h1-37H. The zero-order valence-corrected chi connectivity index (χ0v) is 31.7. The van der Waals surface area contributed by atoms with E-state index in [1.165, 1.54) is 60.5 Å². The van der Waals surface area contributed by atoms with Crippen LogP contribution in [0, 0.1) is 0 Å². The number of anilines is 3. The molecule has 0 aliphatic carbocycles. The molecule has 11 aromatic rings. The van der Waals surface area contributed by atoms with E-state index in [1.54, 1.807) is 0 Å². The van der Waals surface area contributed by atoms with Crippen LogP contribution in [-0.4, -0.2) is 0 Å². The topological polar surface area (TPSA) is 16.4 Å². The molecule has 0 spiro atoms. The van der Waals surface area contributed by atoms with Gasteiger partial charge in [0.15, 0.2) is 5.58 Å². The van der Waals surface area contributed by atoms with E-state index in [1.807, 2.05) is 0 Å². The van der Waals surface area contributed by atoms with Crippen molar-refractivity contribution in [3.63, 3.8) is 0 Å². The third-order valence-electron chi connectivity index (χ3n) is 11.5. The Hall–Kier alpha value is -7.68. The molecule has 0 saturated heterocycles. The third kappa shape index (κ3) is 6.00. The van der Waals surface area contributed by atoms with Crippen molar-refractivity contribution < 1.29 is 4.42 Å². The van der Waals surface area contributed by atoms with Crippen LogP contribution < -0.4 is 4.90 Å². The minimum atomic E-state index is 0.855. The third-order valence-corrected chi connectivity index (χ3v) is 11.5. The fourth-order valence-electron chi connectivity index (χ4n) is 8.50. The molecule has 58 heavy (non-hydrogen) atoms. The van der Waals surface area contributed by atoms with Gasteiger partial charge in [-0.15, -0.1) is 0 Å². The highest BCUT2D eigenvalue weighted by Gasteiger charge is 2.20. The van der Waals surface area contributed by atoms with E-state index in [4.69, 9.17) is 4.42 Å². The monoisotopic (exact) mass is 739 g/mol. The van der Waals surface area contributed by atoms with E-state index < -0.39 is 0 Å². The van der Waals surface area contributed by atoms with Gasteiger partial charge in [0.1, 0.15) is 5.58 Å². The molecule has 2 nitrogen and oxygen atoms in total. The fraction of sp³-hybridized carbons (Fsp3) is 0. The molecule has 11 rings (SSSR count). The van der Waals surface area contributed by atoms with E-state index in [0.717, 1.165) is 44.6 Å². The maximum atomic E-state index is 6.77. The van der Waals surface area contributed by atoms with Crippen molar-refractivity contribution in [3.05, 3.63) is 224 Å². The van der Waals surface area contributed by atoms with Crippen molar-refractivity contribution in [2.45, 2.75) is 0 Å². The predicted molar refractivity (Wildman–Crippen MR) is 245 cm³/mol. The smallest absolute Gasteiger partial charge is 0.159 e. The summed E-state index contributed by atoms with van der Waals surface area (Å²) < 4.78 is 6.77. The van der Waals surface area contributed by atoms with E-state index in [0.29, 0.717) is 0 Å². The lowest BCUT2D eigenvalue weighted by molar-refractivity contribution is 0.669. The molecule has 0 radical (unpaired) electrons. The van der Waals surface area contributed by atoms with Gasteiger partial charge in [-0.3, -0.25) is 0 Å². The van der Waals surface area contributed by atoms with Gasteiger partial charge in [-0.05, 0) is 121 Å². The van der Waals surface area contributed by atoms with Gasteiger partial charge in [-0.25, -0.2) is 0 Å². The normalized spacial score (nSPS) is 11.4. The summed E-state index contributed by atoms with van der Waals surface area (Å²) in [4.78, 5) is 2.33. The van der Waals surface area contributed by atoms with Crippen molar-refractivity contribution >= 4 is 60.5 Å². The second kappa shape index (κ2) is 14.1. The van der Waals surface area contributed by atoms with Gasteiger partial charge >= 0.3 is 0 Å². The maximum absolute atomic E-state index is 6.77. The largest absolute Gasteiger partial charge is 0.454 e. The molecule has 272 valence electrons. The van der Waals surface area contributed by atoms with Crippen LogP contribution in [0.15, 0.2) is 229 Å². The van der Waals surface area contributed by atoms with E-state index in [-0.39, 0.29) is 0 Å². The maximum Gasteiger partial charge on any atom is 0.159 e. The molecule has 1 heterocycles. The fourth-order valence-corrected chi connectivity index (χ4v) is 8.50. The molecular weight excluding hydrogens is 703 g/mol. The van der Waals surface area contributed by atoms with Crippen molar-refractivity contribution in [1.29, 1.82) is 0 Å². The van der Waals surface area contributed by atoms with Crippen molar-refractivity contribution in [1.82, 2.24) is 0 Å². The lowest BCUT2D eigenvalue weighted by atomic mass is 9.97. The molecule has 0 saturated carbocycles. The zero-order valence-electron chi connectivity index (χ0n) is 31.7. The minimum absolute atomic E-state index is 0.855. The Labute approximate surface area is 337 Å². The van der Waals surface area contributed by atoms with Crippen molar-refractivity contribution in [2.75, 3.05) is 4.90 Å². The quantitative estimate of drug-likeness (QED) is 0.162. The Balaban J connectivity index is 1.02. The van der Waals surface area contributed by atoms with Crippen molar-refractivity contribution in [3.8, 4) is 44.5 Å². The second-order valence-electron chi connectivity index (χ2n) is 14.9. The highest BCUT2D eigenvalue weighted by molar-refractivity contribution is 6.11. The first-order valence-electron chi connectivity index (χ1n) is 19.8. The van der Waals surface area contributed by atoms with Crippen LogP contribution in [0.4, 0.5) is 17.1 Å². The zero-order chi connectivity index (χ0) is 38.4. The van der Waals surface area contributed by atoms with Crippen LogP contribution in [0.25, 0.3) is 88.0 Å². The average molecular weight is 740 g/mol. The Morgan fingerprint density at radius 3 is 1.50 bits per heavy atom. The Bertz CT molecular complexity index is 3250. The molecule has 0 bridgehead atoms. The van der Waals surface area contributed by atoms with Crippen LogP contribution in [-0.2, 0) is 0 Å². The summed E-state index contributed by atoms with van der Waals surface area (Å²) in [5, 5.41) is 7.13. The number of nitrogens with zero attached hydrogens (tertiary/aromatic N) is 1. The summed E-state index contributed by atoms with van der Waals surface area (Å²) in [5.74, 6) is 0. The van der Waals surface area contributed by atoms with E-state index in [9.17, 15) is 0 Å². The first kappa shape index (κ1) is 33.6. The molecule has 0 atom stereocenters. The number of benzene rings is 10. The van der Waals surface area contributed by atoms with Gasteiger partial charge in [0.05, 0.1) is 5.69 Å². The van der Waals surface area contributed by atoms with Crippen LogP contribution in [0.5, 0.6) is 0 Å². The molecule has 0 amide bonds. The number of hydrogen-bond acceptors (Lipinski definition) is 2. The second-order valence-corrected chi connectivity index (χ2v) is 14.9. The van der Waals surface area contributed by atoms with Gasteiger partial charge in [-0.2, -0.15) is 0 Å². The number of para-hydroxylation sites is 1. The van der Waals surface area contributed by atoms with Crippen LogP contribution in [0.1, 0.15) is 0 Å². The van der Waals surface area contributed by atoms with Crippen LogP contribution in [0.2, 0.25) is 0 Å². The van der Waals surface area contributed by atoms with Gasteiger partial charge in [0.25, 0.3) is 0 Å². The van der Waals surface area contributed by atoms with Crippen LogP contribution in [0.3, 0.4) is 0 Å². The molecule has 2 heteroatoms. The predicted octanol–water partition coefficient (Wildman–Crippen LogP) is 16.0. The molecule has 0 fully saturated rings. The summed E-state index contributed by atoms with van der Waals surface area (Å²) in [5.41, 5.74) is 14.4. The minimum Gasteiger partial charge on any atom is -0.454 e. The number of rotatable bonds is 7. The number of fused-ring (bicyclic) bond motifs is 5. The first-order chi connectivity index (χ1) is 28.7. The lowest BCUT2D eigenvalue weighted by Gasteiger charge is -2.26. The van der Waals surface area contributed by atoms with Crippen molar-refractivity contribution in [2.24, 2.45) is 0 Å². The molecule has 1 aromatic heterocycles. The number of hydrogen-bond donors (Lipinski definition) is 0. The molecule has 0 unspecified atom stereocenters. The van der Waals surface area contributed by atoms with Gasteiger partial charge in [0.2, 0.25) is 0 Å². The van der Waals surface area contributed by atoms with E-state index >= 15 is 0 Å². The molecule has 0 aliphatic heterocycles. The summed E-state index contributed by atoms with van der Waals surface area (Å²) in [7, 11) is 0. The Morgan fingerprint density at radius 1 is 0.293 bits per heavy atom. The number of furan rings is 1. The SMILES string of the molecule is c1ccc(-c2ccc3ccc(-c4ccc(N(c5ccc(-c6cccc7ccccc67)cc5)c5cccc6c5oc5ccc(-c7ccccc7)cc56)cc4)cc3c2)cc1. The van der Waals surface area contributed by atoms with Gasteiger partial charge in [-0.1, -0.05) is 170 Å². The summed E-state index contributed by atoms with van der Waals surface area (Å²) >= 11 is 0. The average Bonchev–Trinajstić information content (AvgIpc) is 3.68. The Kier molecular flexibility index (Phi) is 8.19. The van der Waals surface area contributed by atoms with E-state index in [2.05, 4.69) is 229 Å².